The van der Waals surface area contributed by atoms with Crippen molar-refractivity contribution in [2.45, 2.75) is 38.0 Å². The van der Waals surface area contributed by atoms with E-state index in [1.165, 1.54) is 25.7 Å². The molecule has 3 rings (SSSR count). The molecule has 2 heterocycles. The van der Waals surface area contributed by atoms with Gasteiger partial charge >= 0.3 is 0 Å². The van der Waals surface area contributed by atoms with Gasteiger partial charge in [0.2, 0.25) is 5.82 Å². The molecule has 0 unspecified atom stereocenters. The van der Waals surface area contributed by atoms with E-state index in [0.29, 0.717) is 12.5 Å². The molecule has 5 nitrogen and oxygen atoms in total. The summed E-state index contributed by atoms with van der Waals surface area (Å²) in [5.41, 5.74) is 6.39. The number of aromatic nitrogens is 4. The normalized spacial score (nSPS) is 16.5. The van der Waals surface area contributed by atoms with Crippen molar-refractivity contribution < 1.29 is 0 Å². The van der Waals surface area contributed by atoms with Gasteiger partial charge in [-0.25, -0.2) is 9.97 Å². The highest BCUT2D eigenvalue weighted by Crippen LogP contribution is 2.32. The number of nitrogens with zero attached hydrogens (tertiary/aromatic N) is 3. The Morgan fingerprint density at radius 1 is 1.33 bits per heavy atom. The van der Waals surface area contributed by atoms with Crippen LogP contribution in [0.15, 0.2) is 5.38 Å². The zero-order valence-electron chi connectivity index (χ0n) is 10.2. The second-order valence-electron chi connectivity index (χ2n) is 4.69. The molecular weight excluding hydrogens is 246 g/mol. The monoisotopic (exact) mass is 263 g/mol. The molecule has 1 aliphatic rings. The first-order valence-electron chi connectivity index (χ1n) is 6.44. The van der Waals surface area contributed by atoms with Crippen LogP contribution in [0.3, 0.4) is 0 Å². The maximum absolute atomic E-state index is 5.52. The summed E-state index contributed by atoms with van der Waals surface area (Å²) < 4.78 is 0. The van der Waals surface area contributed by atoms with Gasteiger partial charge < -0.3 is 5.73 Å². The van der Waals surface area contributed by atoms with Crippen LogP contribution in [0.1, 0.15) is 42.4 Å². The van der Waals surface area contributed by atoms with Crippen LogP contribution in [0.5, 0.6) is 0 Å². The molecule has 2 aromatic rings. The summed E-state index contributed by atoms with van der Waals surface area (Å²) in [4.78, 5) is 9.09. The fourth-order valence-corrected chi connectivity index (χ4v) is 3.22. The van der Waals surface area contributed by atoms with Crippen molar-refractivity contribution in [3.63, 3.8) is 0 Å². The molecule has 0 atom stereocenters. The lowest BCUT2D eigenvalue weighted by molar-refractivity contribution is 0.672. The summed E-state index contributed by atoms with van der Waals surface area (Å²) in [6.07, 6.45) is 5.88. The SMILES string of the molecule is NCCc1nc(-c2n[nH]c(C3CCCC3)n2)cs1. The van der Waals surface area contributed by atoms with Gasteiger partial charge in [0.15, 0.2) is 0 Å². The summed E-state index contributed by atoms with van der Waals surface area (Å²) in [7, 11) is 0. The highest BCUT2D eigenvalue weighted by Gasteiger charge is 2.21. The molecule has 3 N–H and O–H groups in total. The minimum Gasteiger partial charge on any atom is -0.330 e. The minimum absolute atomic E-state index is 0.563. The van der Waals surface area contributed by atoms with Crippen molar-refractivity contribution in [2.24, 2.45) is 5.73 Å². The van der Waals surface area contributed by atoms with E-state index < -0.39 is 0 Å². The average molecular weight is 263 g/mol. The van der Waals surface area contributed by atoms with Gasteiger partial charge in [-0.1, -0.05) is 12.8 Å². The Kier molecular flexibility index (Phi) is 3.38. The van der Waals surface area contributed by atoms with E-state index in [1.54, 1.807) is 11.3 Å². The Bertz CT molecular complexity index is 512. The number of thiazole rings is 1. The van der Waals surface area contributed by atoms with E-state index in [4.69, 9.17) is 5.73 Å². The lowest BCUT2D eigenvalue weighted by atomic mass is 10.1. The van der Waals surface area contributed by atoms with E-state index >= 15 is 0 Å². The molecule has 0 amide bonds. The molecule has 1 fully saturated rings. The van der Waals surface area contributed by atoms with E-state index in [1.807, 2.05) is 5.38 Å². The zero-order valence-corrected chi connectivity index (χ0v) is 11.0. The summed E-state index contributed by atoms with van der Waals surface area (Å²) in [6, 6.07) is 0. The van der Waals surface area contributed by atoms with Crippen LogP contribution in [-0.2, 0) is 6.42 Å². The minimum atomic E-state index is 0.563. The Morgan fingerprint density at radius 3 is 2.94 bits per heavy atom. The van der Waals surface area contributed by atoms with Gasteiger partial charge in [0.1, 0.15) is 11.5 Å². The fourth-order valence-electron chi connectivity index (χ4n) is 2.42. The predicted octanol–water partition coefficient (Wildman–Crippen LogP) is 2.09. The number of aromatic amines is 1. The van der Waals surface area contributed by atoms with Gasteiger partial charge in [-0.05, 0) is 19.4 Å². The lowest BCUT2D eigenvalue weighted by Crippen LogP contribution is -2.02. The average Bonchev–Trinajstić information content (AvgIpc) is 3.10. The van der Waals surface area contributed by atoms with Gasteiger partial charge in [0.05, 0.1) is 5.01 Å². The summed E-state index contributed by atoms with van der Waals surface area (Å²) in [5, 5.41) is 10.4. The fraction of sp³-hybridized carbons (Fsp3) is 0.583. The quantitative estimate of drug-likeness (QED) is 0.885. The molecule has 0 spiro atoms. The van der Waals surface area contributed by atoms with Gasteiger partial charge in [-0.15, -0.1) is 11.3 Å². The van der Waals surface area contributed by atoms with Crippen LogP contribution in [0.25, 0.3) is 11.5 Å². The Hall–Kier alpha value is -1.27. The van der Waals surface area contributed by atoms with Crippen molar-refractivity contribution in [1.82, 2.24) is 20.2 Å². The molecule has 96 valence electrons. The molecule has 0 radical (unpaired) electrons. The summed E-state index contributed by atoms with van der Waals surface area (Å²) >= 11 is 1.63. The van der Waals surface area contributed by atoms with Gasteiger partial charge in [0, 0.05) is 17.7 Å². The molecule has 18 heavy (non-hydrogen) atoms. The van der Waals surface area contributed by atoms with E-state index in [-0.39, 0.29) is 0 Å². The standard InChI is InChI=1S/C12H17N5S/c13-6-5-10-14-9(7-18-10)12-15-11(16-17-12)8-3-1-2-4-8/h7-8H,1-6,13H2,(H,15,16,17). The molecule has 2 aromatic heterocycles. The van der Waals surface area contributed by atoms with Crippen LogP contribution >= 0.6 is 11.3 Å². The number of hydrogen-bond donors (Lipinski definition) is 2. The second-order valence-corrected chi connectivity index (χ2v) is 5.63. The maximum Gasteiger partial charge on any atom is 0.200 e. The van der Waals surface area contributed by atoms with Gasteiger partial charge in [0.25, 0.3) is 0 Å². The molecule has 1 aliphatic carbocycles. The molecule has 0 aromatic carbocycles. The van der Waals surface area contributed by atoms with E-state index in [0.717, 1.165) is 28.8 Å². The second kappa shape index (κ2) is 5.16. The number of nitrogens with two attached hydrogens (primary N) is 1. The number of nitrogens with one attached hydrogen (secondary N) is 1. The number of rotatable bonds is 4. The van der Waals surface area contributed by atoms with Crippen molar-refractivity contribution in [3.05, 3.63) is 16.2 Å². The molecule has 0 bridgehead atoms. The molecule has 0 aliphatic heterocycles. The van der Waals surface area contributed by atoms with E-state index in [2.05, 4.69) is 20.2 Å². The lowest BCUT2D eigenvalue weighted by Gasteiger charge is -2.01. The highest BCUT2D eigenvalue weighted by molar-refractivity contribution is 7.09. The highest BCUT2D eigenvalue weighted by atomic mass is 32.1. The van der Waals surface area contributed by atoms with Crippen molar-refractivity contribution >= 4 is 11.3 Å². The van der Waals surface area contributed by atoms with E-state index in [9.17, 15) is 0 Å². The number of hydrogen-bond acceptors (Lipinski definition) is 5. The first-order chi connectivity index (χ1) is 8.86. The van der Waals surface area contributed by atoms with Crippen LogP contribution in [0.4, 0.5) is 0 Å². The third kappa shape index (κ3) is 2.30. The summed E-state index contributed by atoms with van der Waals surface area (Å²) in [6.45, 7) is 0.633. The van der Waals surface area contributed by atoms with Crippen molar-refractivity contribution in [3.8, 4) is 11.5 Å². The number of H-pyrrole nitrogens is 1. The van der Waals surface area contributed by atoms with Crippen LogP contribution in [-0.4, -0.2) is 26.7 Å². The van der Waals surface area contributed by atoms with Crippen LogP contribution in [0.2, 0.25) is 0 Å². The van der Waals surface area contributed by atoms with Crippen molar-refractivity contribution in [2.75, 3.05) is 6.54 Å². The first-order valence-corrected chi connectivity index (χ1v) is 7.32. The maximum atomic E-state index is 5.52. The Labute approximate surface area is 110 Å². The van der Waals surface area contributed by atoms with Gasteiger partial charge in [-0.3, -0.25) is 5.10 Å². The molecule has 6 heteroatoms. The Morgan fingerprint density at radius 2 is 2.17 bits per heavy atom. The topological polar surface area (TPSA) is 80.5 Å². The summed E-state index contributed by atoms with van der Waals surface area (Å²) in [5.74, 6) is 2.31. The van der Waals surface area contributed by atoms with Crippen LogP contribution in [0, 0.1) is 0 Å². The smallest absolute Gasteiger partial charge is 0.200 e. The molecular formula is C12H17N5S. The predicted molar refractivity (Wildman–Crippen MR) is 71.5 cm³/mol. The van der Waals surface area contributed by atoms with Gasteiger partial charge in [-0.2, -0.15) is 5.10 Å². The van der Waals surface area contributed by atoms with Crippen LogP contribution < -0.4 is 5.73 Å². The molecule has 1 saturated carbocycles. The first kappa shape index (κ1) is 11.8. The molecule has 0 saturated heterocycles. The zero-order chi connectivity index (χ0) is 12.4. The largest absolute Gasteiger partial charge is 0.330 e. The third-order valence-corrected chi connectivity index (χ3v) is 4.29. The van der Waals surface area contributed by atoms with Crippen molar-refractivity contribution in [1.29, 1.82) is 0 Å². The third-order valence-electron chi connectivity index (χ3n) is 3.38. The Balaban J connectivity index is 1.78.